The van der Waals surface area contributed by atoms with Crippen LogP contribution in [0.25, 0.3) is 0 Å². The van der Waals surface area contributed by atoms with Crippen LogP contribution in [-0.2, 0) is 9.47 Å². The molecule has 30 heavy (non-hydrogen) atoms. The molecule has 0 bridgehead atoms. The van der Waals surface area contributed by atoms with Crippen molar-refractivity contribution < 1.29 is 28.4 Å². The average Bonchev–Trinajstić information content (AvgIpc) is 3.30. The number of hydrogen-bond donors (Lipinski definition) is 1. The molecule has 1 spiro atoms. The molecule has 1 aliphatic carbocycles. The van der Waals surface area contributed by atoms with Crippen molar-refractivity contribution >= 4 is 24.0 Å². The van der Waals surface area contributed by atoms with Crippen molar-refractivity contribution in [2.24, 2.45) is 11.3 Å². The summed E-state index contributed by atoms with van der Waals surface area (Å²) in [6, 6.07) is 1.42. The van der Waals surface area contributed by atoms with E-state index in [9.17, 15) is 14.4 Å². The first-order valence-electron chi connectivity index (χ1n) is 10.1. The number of carbonyl (C=O) groups is 3. The zero-order chi connectivity index (χ0) is 22.1. The second-order valence-electron chi connectivity index (χ2n) is 9.14. The number of ether oxygens (including phenoxy) is 2. The first-order valence-corrected chi connectivity index (χ1v) is 10.1. The maximum Gasteiger partial charge on any atom is 0.416 e. The predicted molar refractivity (Wildman–Crippen MR) is 107 cm³/mol. The predicted octanol–water partition coefficient (Wildman–Crippen LogP) is 2.64. The van der Waals surface area contributed by atoms with Crippen molar-refractivity contribution in [3.8, 4) is 0 Å². The molecule has 0 unspecified atom stereocenters. The largest absolute Gasteiger partial charge is 0.452 e. The van der Waals surface area contributed by atoms with Crippen LogP contribution in [0.2, 0.25) is 0 Å². The van der Waals surface area contributed by atoms with Gasteiger partial charge < -0.3 is 24.2 Å². The molecule has 1 aliphatic heterocycles. The van der Waals surface area contributed by atoms with Crippen LogP contribution in [0.5, 0.6) is 0 Å². The van der Waals surface area contributed by atoms with E-state index in [1.54, 1.807) is 4.90 Å². The van der Waals surface area contributed by atoms with E-state index in [1.807, 2.05) is 20.8 Å². The Morgan fingerprint density at radius 3 is 2.67 bits per heavy atom. The van der Waals surface area contributed by atoms with E-state index < -0.39 is 17.6 Å². The van der Waals surface area contributed by atoms with Crippen molar-refractivity contribution in [3.63, 3.8) is 0 Å². The number of hydrogen-bond acceptors (Lipinski definition) is 7. The highest BCUT2D eigenvalue weighted by Gasteiger charge is 2.50. The molecule has 1 aromatic heterocycles. The maximum absolute atomic E-state index is 12.3. The smallest absolute Gasteiger partial charge is 0.416 e. The molecule has 1 saturated carbocycles. The second-order valence-corrected chi connectivity index (χ2v) is 9.14. The molecule has 1 aromatic rings. The summed E-state index contributed by atoms with van der Waals surface area (Å²) in [5.41, 5.74) is -0.353. The molecule has 10 nitrogen and oxygen atoms in total. The number of nitrogens with zero attached hydrogens (tertiary/aromatic N) is 3. The maximum atomic E-state index is 12.3. The quantitative estimate of drug-likeness (QED) is 0.793. The Morgan fingerprint density at radius 1 is 1.37 bits per heavy atom. The number of amides is 3. The molecule has 10 heteroatoms. The molecule has 2 aliphatic rings. The normalized spacial score (nSPS) is 23.1. The lowest BCUT2D eigenvalue weighted by atomic mass is 9.61. The van der Waals surface area contributed by atoms with Crippen LogP contribution >= 0.6 is 0 Å². The molecule has 0 radical (unpaired) electrons. The van der Waals surface area contributed by atoms with E-state index in [1.165, 1.54) is 25.1 Å². The zero-order valence-electron chi connectivity index (χ0n) is 18.2. The van der Waals surface area contributed by atoms with Gasteiger partial charge in [0.15, 0.2) is 5.69 Å². The first-order chi connectivity index (χ1) is 14.1. The van der Waals surface area contributed by atoms with Gasteiger partial charge in [-0.25, -0.2) is 14.5 Å². The lowest BCUT2D eigenvalue weighted by molar-refractivity contribution is 0.0189. The molecule has 166 valence electrons. The van der Waals surface area contributed by atoms with E-state index >= 15 is 0 Å². The van der Waals surface area contributed by atoms with Gasteiger partial charge in [0.25, 0.3) is 5.91 Å². The monoisotopic (exact) mass is 422 g/mol. The Balaban J connectivity index is 1.59. The van der Waals surface area contributed by atoms with Crippen molar-refractivity contribution in [2.45, 2.75) is 45.6 Å². The fourth-order valence-electron chi connectivity index (χ4n) is 4.30. The van der Waals surface area contributed by atoms with Gasteiger partial charge in [-0.15, -0.1) is 0 Å². The summed E-state index contributed by atoms with van der Waals surface area (Å²) < 4.78 is 15.5. The van der Waals surface area contributed by atoms with Crippen LogP contribution in [0.4, 0.5) is 15.5 Å². The van der Waals surface area contributed by atoms with Gasteiger partial charge in [-0.05, 0) is 51.4 Å². The molecule has 2 fully saturated rings. The molecule has 3 amide bonds. The van der Waals surface area contributed by atoms with E-state index in [-0.39, 0.29) is 29.0 Å². The van der Waals surface area contributed by atoms with E-state index in [0.717, 1.165) is 19.3 Å². The van der Waals surface area contributed by atoms with Crippen LogP contribution in [0.15, 0.2) is 10.6 Å². The number of aromatic nitrogens is 1. The minimum Gasteiger partial charge on any atom is -0.452 e. The molecular formula is C20H30N4O6. The lowest BCUT2D eigenvalue weighted by Crippen LogP contribution is -2.47. The third kappa shape index (κ3) is 4.68. The summed E-state index contributed by atoms with van der Waals surface area (Å²) in [5, 5.41) is 6.17. The van der Waals surface area contributed by atoms with Gasteiger partial charge in [-0.3, -0.25) is 4.79 Å². The van der Waals surface area contributed by atoms with Gasteiger partial charge in [-0.1, -0.05) is 5.16 Å². The summed E-state index contributed by atoms with van der Waals surface area (Å²) >= 11 is 0. The van der Waals surface area contributed by atoms with Gasteiger partial charge in [0.2, 0.25) is 5.88 Å². The Morgan fingerprint density at radius 2 is 2.07 bits per heavy atom. The Kier molecular flexibility index (Phi) is 5.96. The van der Waals surface area contributed by atoms with Crippen LogP contribution in [0.1, 0.15) is 50.5 Å². The van der Waals surface area contributed by atoms with Crippen LogP contribution < -0.4 is 10.2 Å². The Hall–Kier alpha value is -2.78. The summed E-state index contributed by atoms with van der Waals surface area (Å²) in [6.45, 7) is 7.31. The third-order valence-corrected chi connectivity index (χ3v) is 5.59. The number of nitrogens with one attached hydrogen (secondary N) is 1. The number of carbonyl (C=O) groups excluding carboxylic acids is 3. The van der Waals surface area contributed by atoms with Gasteiger partial charge in [0.05, 0.1) is 7.11 Å². The van der Waals surface area contributed by atoms with Crippen LogP contribution in [-0.4, -0.2) is 67.5 Å². The Bertz CT molecular complexity index is 808. The number of methoxy groups -OCH3 is 1. The third-order valence-electron chi connectivity index (χ3n) is 5.59. The molecular weight excluding hydrogens is 392 g/mol. The van der Waals surface area contributed by atoms with Crippen molar-refractivity contribution in [2.75, 3.05) is 38.7 Å². The van der Waals surface area contributed by atoms with Crippen LogP contribution in [0, 0.1) is 11.3 Å². The van der Waals surface area contributed by atoms with Gasteiger partial charge in [-0.2, -0.15) is 0 Å². The van der Waals surface area contributed by atoms with E-state index in [0.29, 0.717) is 19.6 Å². The fourth-order valence-corrected chi connectivity index (χ4v) is 4.30. The summed E-state index contributed by atoms with van der Waals surface area (Å²) in [7, 11) is 2.79. The molecule has 0 aromatic carbocycles. The van der Waals surface area contributed by atoms with Crippen molar-refractivity contribution in [1.82, 2.24) is 15.4 Å². The molecule has 2 heterocycles. The molecule has 1 saturated heterocycles. The second kappa shape index (κ2) is 8.16. The lowest BCUT2D eigenvalue weighted by Gasteiger charge is -2.46. The molecule has 1 N–H and O–H groups in total. The number of likely N-dealkylation sites (tertiary alicyclic amines) is 1. The topological polar surface area (TPSA) is 114 Å². The molecule has 0 atom stereocenters. The summed E-state index contributed by atoms with van der Waals surface area (Å²) in [5.74, 6) is 0.00467. The average molecular weight is 422 g/mol. The van der Waals surface area contributed by atoms with Gasteiger partial charge in [0, 0.05) is 32.7 Å². The molecule has 3 rings (SSSR count). The zero-order valence-corrected chi connectivity index (χ0v) is 18.2. The van der Waals surface area contributed by atoms with E-state index in [2.05, 4.69) is 10.5 Å². The van der Waals surface area contributed by atoms with Crippen molar-refractivity contribution in [1.29, 1.82) is 0 Å². The fraction of sp³-hybridized carbons (Fsp3) is 0.700. The number of rotatable bonds is 4. The van der Waals surface area contributed by atoms with E-state index in [4.69, 9.17) is 14.0 Å². The minimum absolute atomic E-state index is 0.0675. The van der Waals surface area contributed by atoms with Gasteiger partial charge >= 0.3 is 12.2 Å². The Labute approximate surface area is 175 Å². The van der Waals surface area contributed by atoms with Crippen molar-refractivity contribution in [3.05, 3.63) is 11.8 Å². The standard InChI is InChI=1S/C20H30N4O6/c1-19(2,3)29-17(26)23-7-6-20(12-23)9-13(10-20)11-24(18(27)28-5)15-8-14(22-30-15)16(25)21-4/h8,13H,6-7,9-12H2,1-5H3,(H,21,25). The van der Waals surface area contributed by atoms with Gasteiger partial charge in [0.1, 0.15) is 5.60 Å². The first kappa shape index (κ1) is 21.9. The highest BCUT2D eigenvalue weighted by atomic mass is 16.6. The SMILES string of the molecule is CNC(=O)c1cc(N(CC2CC3(CCN(C(=O)OC(C)(C)C)C3)C2)C(=O)OC)on1. The highest BCUT2D eigenvalue weighted by molar-refractivity contribution is 5.94. The van der Waals surface area contributed by atoms with Crippen LogP contribution in [0.3, 0.4) is 0 Å². The summed E-state index contributed by atoms with van der Waals surface area (Å²) in [4.78, 5) is 39.4. The minimum atomic E-state index is -0.572. The number of anilines is 1. The highest BCUT2D eigenvalue weighted by Crippen LogP contribution is 2.52. The summed E-state index contributed by atoms with van der Waals surface area (Å²) in [6.07, 6.45) is 1.84.